The van der Waals surface area contributed by atoms with Crippen molar-refractivity contribution in [3.63, 3.8) is 0 Å². The quantitative estimate of drug-likeness (QED) is 0.268. The van der Waals surface area contributed by atoms with Crippen LogP contribution < -0.4 is 4.74 Å². The summed E-state index contributed by atoms with van der Waals surface area (Å²) >= 11 is 9.42. The fourth-order valence-electron chi connectivity index (χ4n) is 2.97. The number of benzene rings is 2. The number of aryl methyl sites for hydroxylation is 1. The van der Waals surface area contributed by atoms with Crippen LogP contribution in [0.1, 0.15) is 21.7 Å². The minimum Gasteiger partial charge on any atom is -0.484 e. The van der Waals surface area contributed by atoms with E-state index in [9.17, 15) is 14.9 Å². The summed E-state index contributed by atoms with van der Waals surface area (Å²) in [6.07, 6.45) is 0. The largest absolute Gasteiger partial charge is 0.484 e. The molecule has 0 radical (unpaired) electrons. The third kappa shape index (κ3) is 4.10. The van der Waals surface area contributed by atoms with E-state index in [2.05, 4.69) is 15.9 Å². The van der Waals surface area contributed by atoms with Crippen LogP contribution in [-0.4, -0.2) is 21.9 Å². The molecule has 3 rings (SSSR count). The van der Waals surface area contributed by atoms with E-state index in [0.717, 1.165) is 21.5 Å². The minimum absolute atomic E-state index is 0.0855. The molecule has 0 bridgehead atoms. The molecule has 144 valence electrons. The van der Waals surface area contributed by atoms with Crippen molar-refractivity contribution in [3.8, 4) is 11.4 Å². The molecule has 0 unspecified atom stereocenters. The van der Waals surface area contributed by atoms with Crippen LogP contribution in [0.15, 0.2) is 53.0 Å². The molecule has 6 nitrogen and oxygen atoms in total. The van der Waals surface area contributed by atoms with Gasteiger partial charge in [0.15, 0.2) is 6.61 Å². The number of nitro benzene ring substituents is 1. The van der Waals surface area contributed by atoms with Crippen molar-refractivity contribution < 1.29 is 14.5 Å². The Morgan fingerprint density at radius 3 is 2.46 bits per heavy atom. The molecule has 0 aliphatic carbocycles. The Morgan fingerprint density at radius 1 is 1.18 bits per heavy atom. The molecule has 8 heteroatoms. The van der Waals surface area contributed by atoms with E-state index in [0.29, 0.717) is 5.56 Å². The lowest BCUT2D eigenvalue weighted by molar-refractivity contribution is -0.384. The molecule has 0 aliphatic rings. The van der Waals surface area contributed by atoms with Gasteiger partial charge in [-0.2, -0.15) is 0 Å². The Kier molecular flexibility index (Phi) is 5.86. The molecule has 1 aromatic heterocycles. The molecule has 0 saturated carbocycles. The summed E-state index contributed by atoms with van der Waals surface area (Å²) in [6, 6.07) is 13.5. The molecule has 0 fully saturated rings. The first kappa shape index (κ1) is 20.1. The first-order chi connectivity index (χ1) is 13.3. The van der Waals surface area contributed by atoms with E-state index in [1.54, 1.807) is 0 Å². The predicted molar refractivity (Wildman–Crippen MR) is 111 cm³/mol. The van der Waals surface area contributed by atoms with E-state index in [-0.39, 0.29) is 28.8 Å². The van der Waals surface area contributed by atoms with Crippen molar-refractivity contribution in [2.75, 3.05) is 6.61 Å². The van der Waals surface area contributed by atoms with E-state index >= 15 is 0 Å². The monoisotopic (exact) mass is 462 g/mol. The number of hydrogen-bond donors (Lipinski definition) is 0. The second-order valence-corrected chi connectivity index (χ2v) is 7.50. The average Bonchev–Trinajstić information content (AvgIpc) is 2.95. The summed E-state index contributed by atoms with van der Waals surface area (Å²) in [5, 5.41) is 10.9. The number of rotatable bonds is 6. The number of aromatic nitrogens is 1. The summed E-state index contributed by atoms with van der Waals surface area (Å²) in [5.74, 6) is 0.0215. The number of carbonyl (C=O) groups is 1. The Bertz CT molecular complexity index is 1060. The number of nitrogens with zero attached hydrogens (tertiary/aromatic N) is 2. The number of carbonyl (C=O) groups excluding carboxylic acids is 1. The first-order valence-electron chi connectivity index (χ1n) is 8.32. The molecule has 2 aromatic carbocycles. The van der Waals surface area contributed by atoms with Crippen LogP contribution in [0.25, 0.3) is 5.69 Å². The number of halogens is 2. The van der Waals surface area contributed by atoms with Crippen molar-refractivity contribution in [3.05, 3.63) is 85.1 Å². The van der Waals surface area contributed by atoms with Crippen molar-refractivity contribution in [1.29, 1.82) is 0 Å². The topological polar surface area (TPSA) is 74.4 Å². The number of ether oxygens (including phenoxy) is 1. The minimum atomic E-state index is -0.544. The van der Waals surface area contributed by atoms with Gasteiger partial charge in [0.1, 0.15) is 5.75 Å². The Balaban J connectivity index is 1.79. The van der Waals surface area contributed by atoms with Crippen LogP contribution in [-0.2, 0) is 0 Å². The summed E-state index contributed by atoms with van der Waals surface area (Å²) in [4.78, 5) is 22.9. The molecule has 0 amide bonds. The van der Waals surface area contributed by atoms with Crippen molar-refractivity contribution in [1.82, 2.24) is 4.57 Å². The Labute approximate surface area is 175 Å². The predicted octanol–water partition coefficient (Wildman–Crippen LogP) is 5.68. The first-order valence-corrected chi connectivity index (χ1v) is 9.50. The summed E-state index contributed by atoms with van der Waals surface area (Å²) in [5.41, 5.74) is 3.11. The maximum atomic E-state index is 12.7. The molecule has 0 atom stereocenters. The van der Waals surface area contributed by atoms with Crippen LogP contribution in [0, 0.1) is 24.0 Å². The molecule has 0 spiro atoms. The van der Waals surface area contributed by atoms with Crippen molar-refractivity contribution in [2.45, 2.75) is 13.8 Å². The van der Waals surface area contributed by atoms with Crippen LogP contribution in [0.2, 0.25) is 5.02 Å². The highest BCUT2D eigenvalue weighted by Crippen LogP contribution is 2.29. The van der Waals surface area contributed by atoms with Gasteiger partial charge in [-0.15, -0.1) is 0 Å². The maximum Gasteiger partial charge on any atom is 0.271 e. The molecule has 1 heterocycles. The van der Waals surface area contributed by atoms with Gasteiger partial charge in [-0.3, -0.25) is 14.9 Å². The maximum absolute atomic E-state index is 12.7. The van der Waals surface area contributed by atoms with Crippen molar-refractivity contribution in [2.24, 2.45) is 0 Å². The molecule has 0 saturated heterocycles. The van der Waals surface area contributed by atoms with Crippen LogP contribution in [0.3, 0.4) is 0 Å². The molecule has 0 N–H and O–H groups in total. The summed E-state index contributed by atoms with van der Waals surface area (Å²) < 4.78 is 8.47. The molecular weight excluding hydrogens is 448 g/mol. The fourth-order valence-corrected chi connectivity index (χ4v) is 3.47. The lowest BCUT2D eigenvalue weighted by Gasteiger charge is -2.10. The normalized spacial score (nSPS) is 10.7. The van der Waals surface area contributed by atoms with E-state index in [1.165, 1.54) is 18.2 Å². The van der Waals surface area contributed by atoms with Crippen LogP contribution in [0.4, 0.5) is 5.69 Å². The van der Waals surface area contributed by atoms with Gasteiger partial charge in [0.2, 0.25) is 5.78 Å². The van der Waals surface area contributed by atoms with Gasteiger partial charge in [0.25, 0.3) is 5.69 Å². The summed E-state index contributed by atoms with van der Waals surface area (Å²) in [7, 11) is 0. The zero-order valence-electron chi connectivity index (χ0n) is 15.1. The zero-order chi connectivity index (χ0) is 20.4. The number of Topliss-reactive ketones (excluding diaryl/α,β-unsaturated/α-hetero) is 1. The molecule has 3 aromatic rings. The van der Waals surface area contributed by atoms with Crippen molar-refractivity contribution >= 4 is 39.0 Å². The zero-order valence-corrected chi connectivity index (χ0v) is 17.5. The standard InChI is InChI=1S/C20H16BrClN2O4/c1-12-9-17(13(2)23(12)15-5-3-14(21)4-6-15)19(25)11-28-20-8-7-16(24(26)27)10-18(20)22/h3-10H,11H2,1-2H3. The Morgan fingerprint density at radius 2 is 1.86 bits per heavy atom. The van der Waals surface area contributed by atoms with Crippen LogP contribution >= 0.6 is 27.5 Å². The van der Waals surface area contributed by atoms with E-state index in [1.807, 2.05) is 48.7 Å². The SMILES string of the molecule is Cc1cc(C(=O)COc2ccc([N+](=O)[O-])cc2Cl)c(C)n1-c1ccc(Br)cc1. The van der Waals surface area contributed by atoms with E-state index in [4.69, 9.17) is 16.3 Å². The second-order valence-electron chi connectivity index (χ2n) is 6.18. The smallest absolute Gasteiger partial charge is 0.271 e. The van der Waals surface area contributed by atoms with Gasteiger partial charge >= 0.3 is 0 Å². The lowest BCUT2D eigenvalue weighted by atomic mass is 10.1. The molecule has 28 heavy (non-hydrogen) atoms. The highest BCUT2D eigenvalue weighted by Gasteiger charge is 2.18. The number of hydrogen-bond acceptors (Lipinski definition) is 4. The number of ketones is 1. The van der Waals surface area contributed by atoms with Crippen LogP contribution in [0.5, 0.6) is 5.75 Å². The average molecular weight is 464 g/mol. The highest BCUT2D eigenvalue weighted by molar-refractivity contribution is 9.10. The van der Waals surface area contributed by atoms with Gasteiger partial charge in [-0.05, 0) is 50.2 Å². The third-order valence-corrected chi connectivity index (χ3v) is 5.13. The van der Waals surface area contributed by atoms with Gasteiger partial charge in [-0.25, -0.2) is 0 Å². The Hall–Kier alpha value is -2.64. The lowest BCUT2D eigenvalue weighted by Crippen LogP contribution is -2.13. The number of nitro groups is 1. The summed E-state index contributed by atoms with van der Waals surface area (Å²) in [6.45, 7) is 3.59. The third-order valence-electron chi connectivity index (χ3n) is 4.30. The molecular formula is C20H16BrClN2O4. The van der Waals surface area contributed by atoms with Gasteiger partial charge < -0.3 is 9.30 Å². The highest BCUT2D eigenvalue weighted by atomic mass is 79.9. The molecule has 0 aliphatic heterocycles. The van der Waals surface area contributed by atoms with Gasteiger partial charge in [-0.1, -0.05) is 27.5 Å². The van der Waals surface area contributed by atoms with Gasteiger partial charge in [0.05, 0.1) is 9.95 Å². The van der Waals surface area contributed by atoms with Gasteiger partial charge in [0, 0.05) is 39.2 Å². The second kappa shape index (κ2) is 8.16. The van der Waals surface area contributed by atoms with E-state index < -0.39 is 4.92 Å². The fraction of sp³-hybridized carbons (Fsp3) is 0.150. The number of non-ortho nitro benzene ring substituents is 1.